The Balaban J connectivity index is 1.44. The highest BCUT2D eigenvalue weighted by atomic mass is 16.6. The first-order chi connectivity index (χ1) is 22.0. The van der Waals surface area contributed by atoms with Crippen molar-refractivity contribution in [2.45, 2.75) is 92.5 Å². The molecule has 0 unspecified atom stereocenters. The lowest BCUT2D eigenvalue weighted by atomic mass is 9.99. The molecule has 1 aliphatic rings. The summed E-state index contributed by atoms with van der Waals surface area (Å²) >= 11 is 0. The molecular weight excluding hydrogens is 598 g/mol. The van der Waals surface area contributed by atoms with E-state index >= 15 is 0 Å². The molecule has 0 spiro atoms. The Hall–Kier alpha value is -5.00. The quantitative estimate of drug-likeness (QED) is 0.244. The fourth-order valence-electron chi connectivity index (χ4n) is 5.40. The van der Waals surface area contributed by atoms with Gasteiger partial charge in [0, 0.05) is 54.1 Å². The predicted octanol–water partition coefficient (Wildman–Crippen LogP) is 7.02. The second-order valence-corrected chi connectivity index (χ2v) is 14.0. The zero-order chi connectivity index (χ0) is 34.3. The Morgan fingerprint density at radius 1 is 0.915 bits per heavy atom. The van der Waals surface area contributed by atoms with Crippen LogP contribution in [0, 0.1) is 6.92 Å². The van der Waals surface area contributed by atoms with Crippen molar-refractivity contribution in [3.8, 4) is 11.1 Å². The number of fused-ring (bicyclic) bond motifs is 2. The minimum atomic E-state index is -0.854. The maximum absolute atomic E-state index is 13.3. The number of benzene rings is 1. The van der Waals surface area contributed by atoms with Crippen LogP contribution in [-0.4, -0.2) is 66.5 Å². The summed E-state index contributed by atoms with van der Waals surface area (Å²) in [5.74, 6) is 1.27. The lowest BCUT2D eigenvalue weighted by Gasteiger charge is -2.29. The summed E-state index contributed by atoms with van der Waals surface area (Å²) in [6.07, 6.45) is 3.95. The third-order valence-electron chi connectivity index (χ3n) is 7.57. The molecule has 1 aliphatic heterocycles. The number of rotatable bonds is 5. The van der Waals surface area contributed by atoms with Gasteiger partial charge in [-0.15, -0.1) is 0 Å². The van der Waals surface area contributed by atoms with E-state index in [1.54, 1.807) is 58.6 Å². The number of hydrogen-bond donors (Lipinski definition) is 1. The van der Waals surface area contributed by atoms with Crippen molar-refractivity contribution in [3.63, 3.8) is 0 Å². The topological polar surface area (TPSA) is 132 Å². The fourth-order valence-corrected chi connectivity index (χ4v) is 5.40. The molecule has 1 aromatic carbocycles. The van der Waals surface area contributed by atoms with E-state index in [0.717, 1.165) is 38.9 Å². The van der Waals surface area contributed by atoms with Gasteiger partial charge in [-0.25, -0.2) is 14.6 Å². The first-order valence-electron chi connectivity index (χ1n) is 15.7. The predicted molar refractivity (Wildman–Crippen MR) is 181 cm³/mol. The number of hydrogen-bond acceptors (Lipinski definition) is 9. The molecule has 4 heterocycles. The molecule has 0 atom stereocenters. The van der Waals surface area contributed by atoms with Gasteiger partial charge < -0.3 is 19.7 Å². The second kappa shape index (κ2) is 12.7. The number of aromatic nitrogens is 4. The summed E-state index contributed by atoms with van der Waals surface area (Å²) in [5.41, 5.74) is 1.78. The average Bonchev–Trinajstić information content (AvgIpc) is 3.24. The summed E-state index contributed by atoms with van der Waals surface area (Å²) in [5, 5.41) is 9.75. The van der Waals surface area contributed by atoms with E-state index in [9.17, 15) is 14.4 Å². The van der Waals surface area contributed by atoms with Crippen LogP contribution in [0.3, 0.4) is 0 Å². The Bertz CT molecular complexity index is 1810. The maximum Gasteiger partial charge on any atom is 0.424 e. The van der Waals surface area contributed by atoms with Gasteiger partial charge in [-0.05, 0) is 91.0 Å². The van der Waals surface area contributed by atoms with Gasteiger partial charge in [-0.1, -0.05) is 12.1 Å². The molecule has 4 aromatic rings. The molecule has 0 aliphatic carbocycles. The van der Waals surface area contributed by atoms with Crippen LogP contribution in [0.4, 0.5) is 26.9 Å². The molecule has 0 saturated heterocycles. The Morgan fingerprint density at radius 3 is 2.23 bits per heavy atom. The van der Waals surface area contributed by atoms with Crippen molar-refractivity contribution in [2.75, 3.05) is 16.8 Å². The van der Waals surface area contributed by atoms with Gasteiger partial charge in [0.15, 0.2) is 5.82 Å². The summed E-state index contributed by atoms with van der Waals surface area (Å²) < 4.78 is 12.9. The Morgan fingerprint density at radius 2 is 1.60 bits per heavy atom. The van der Waals surface area contributed by atoms with Crippen LogP contribution in [0.25, 0.3) is 21.9 Å². The van der Waals surface area contributed by atoms with Crippen molar-refractivity contribution in [1.29, 1.82) is 0 Å². The highest BCUT2D eigenvalue weighted by Gasteiger charge is 2.34. The van der Waals surface area contributed by atoms with Crippen LogP contribution in [0.5, 0.6) is 0 Å². The van der Waals surface area contributed by atoms with Gasteiger partial charge in [-0.2, -0.15) is 10.00 Å². The zero-order valence-electron chi connectivity index (χ0n) is 28.5. The van der Waals surface area contributed by atoms with Gasteiger partial charge in [0.05, 0.1) is 11.9 Å². The zero-order valence-corrected chi connectivity index (χ0v) is 28.5. The lowest BCUT2D eigenvalue weighted by Crippen LogP contribution is -2.44. The lowest BCUT2D eigenvalue weighted by molar-refractivity contribution is -0.133. The van der Waals surface area contributed by atoms with Gasteiger partial charge in [0.25, 0.3) is 0 Å². The van der Waals surface area contributed by atoms with E-state index in [-0.39, 0.29) is 24.2 Å². The molecule has 12 nitrogen and oxygen atoms in total. The number of nitrogens with zero attached hydrogens (tertiary/aromatic N) is 6. The molecule has 0 saturated carbocycles. The molecule has 12 heteroatoms. The van der Waals surface area contributed by atoms with Crippen molar-refractivity contribution in [1.82, 2.24) is 24.6 Å². The van der Waals surface area contributed by atoms with Crippen molar-refractivity contribution in [3.05, 3.63) is 60.2 Å². The number of imide groups is 1. The van der Waals surface area contributed by atoms with Crippen LogP contribution in [0.2, 0.25) is 0 Å². The largest absolute Gasteiger partial charge is 0.443 e. The van der Waals surface area contributed by atoms with E-state index in [1.807, 2.05) is 56.0 Å². The van der Waals surface area contributed by atoms with Gasteiger partial charge in [0.2, 0.25) is 5.91 Å². The number of carbonyl (C=O) groups excluding carboxylic acids is 3. The van der Waals surface area contributed by atoms with Crippen LogP contribution in [-0.2, 0) is 27.2 Å². The minimum Gasteiger partial charge on any atom is -0.443 e. The molecule has 5 rings (SSSR count). The van der Waals surface area contributed by atoms with Crippen molar-refractivity contribution in [2.24, 2.45) is 0 Å². The highest BCUT2D eigenvalue weighted by Crippen LogP contribution is 2.34. The van der Waals surface area contributed by atoms with E-state index in [2.05, 4.69) is 20.4 Å². The number of ether oxygens (including phenoxy) is 2. The maximum atomic E-state index is 13.3. The van der Waals surface area contributed by atoms with Gasteiger partial charge in [0.1, 0.15) is 23.6 Å². The third kappa shape index (κ3) is 7.70. The standard InChI is InChI=1S/C35H43N7O5/c1-21(2)40-13-12-26-16-30(39-41(26)20-31(40)43)38-29-15-25-14-23(10-11-24(25)17-37-29)27-18-36-19-28(22(27)3)42(32(44)46-34(4,5)6)33(45)47-35(7,8)9/h10-11,14-19,21H,12-13,20H2,1-9H3,(H,37,38,39). The first kappa shape index (κ1) is 33.4. The van der Waals surface area contributed by atoms with Crippen LogP contribution in [0.15, 0.2) is 48.9 Å². The average molecular weight is 642 g/mol. The Kier molecular flexibility index (Phi) is 8.98. The molecule has 0 radical (unpaired) electrons. The number of carbonyl (C=O) groups is 3. The highest BCUT2D eigenvalue weighted by molar-refractivity contribution is 6.10. The Labute approximate surface area is 275 Å². The number of pyridine rings is 2. The number of amides is 3. The van der Waals surface area contributed by atoms with Gasteiger partial charge in [-0.3, -0.25) is 14.5 Å². The fraction of sp³-hybridized carbons (Fsp3) is 0.429. The third-order valence-corrected chi connectivity index (χ3v) is 7.57. The smallest absolute Gasteiger partial charge is 0.424 e. The molecular formula is C35H43N7O5. The van der Waals surface area contributed by atoms with E-state index < -0.39 is 23.4 Å². The molecule has 0 bridgehead atoms. The number of anilines is 3. The second-order valence-electron chi connectivity index (χ2n) is 14.0. The van der Waals surface area contributed by atoms with E-state index in [1.165, 1.54) is 6.20 Å². The van der Waals surface area contributed by atoms with Crippen molar-refractivity contribution < 1.29 is 23.9 Å². The molecule has 3 amide bonds. The van der Waals surface area contributed by atoms with E-state index in [0.29, 0.717) is 23.7 Å². The molecule has 47 heavy (non-hydrogen) atoms. The van der Waals surface area contributed by atoms with Crippen LogP contribution < -0.4 is 10.2 Å². The number of nitrogens with one attached hydrogen (secondary N) is 1. The normalized spacial score (nSPS) is 13.7. The summed E-state index contributed by atoms with van der Waals surface area (Å²) in [4.78, 5) is 51.1. The summed E-state index contributed by atoms with van der Waals surface area (Å²) in [7, 11) is 0. The van der Waals surface area contributed by atoms with Gasteiger partial charge >= 0.3 is 12.2 Å². The molecule has 248 valence electrons. The van der Waals surface area contributed by atoms with Crippen molar-refractivity contribution >= 4 is 46.2 Å². The van der Waals surface area contributed by atoms with Crippen LogP contribution >= 0.6 is 0 Å². The monoisotopic (exact) mass is 641 g/mol. The summed E-state index contributed by atoms with van der Waals surface area (Å²) in [6.45, 7) is 17.1. The molecule has 0 fully saturated rings. The molecule has 1 N–H and O–H groups in total. The SMILES string of the molecule is Cc1c(-c2ccc3cnc(Nc4cc5n(n4)CC(=O)N(C(C)C)CC5)cc3c2)cncc1N(C(=O)OC(C)(C)C)C(=O)OC(C)(C)C. The molecule has 3 aromatic heterocycles. The summed E-state index contributed by atoms with van der Waals surface area (Å²) in [6, 6.07) is 9.93. The van der Waals surface area contributed by atoms with E-state index in [4.69, 9.17) is 9.47 Å². The minimum absolute atomic E-state index is 0.0546. The van der Waals surface area contributed by atoms with Crippen LogP contribution in [0.1, 0.15) is 66.6 Å². The first-order valence-corrected chi connectivity index (χ1v) is 15.7.